The average Bonchev–Trinajstić information content (AvgIpc) is 2.14. The van der Waals surface area contributed by atoms with Crippen LogP contribution in [-0.4, -0.2) is 6.04 Å². The Morgan fingerprint density at radius 1 is 1.27 bits per heavy atom. The van der Waals surface area contributed by atoms with E-state index >= 15 is 0 Å². The van der Waals surface area contributed by atoms with Crippen LogP contribution in [0.3, 0.4) is 0 Å². The molecular weight excluding hydrogens is 250 g/mol. The molecule has 1 aromatic rings. The second kappa shape index (κ2) is 5.66. The summed E-state index contributed by atoms with van der Waals surface area (Å²) in [6, 6.07) is 6.86. The van der Waals surface area contributed by atoms with Crippen LogP contribution in [0.4, 0.5) is 0 Å². The molecule has 0 aliphatic carbocycles. The number of hydrogen-bond acceptors (Lipinski definition) is 1. The molecule has 0 aliphatic rings. The summed E-state index contributed by atoms with van der Waals surface area (Å²) >= 11 is 3.62. The lowest BCUT2D eigenvalue weighted by Gasteiger charge is -2.15. The SMILES string of the molecule is Cc1ccc(C(C)CCC(C)N)c(Br)c1. The minimum atomic E-state index is 0.302. The van der Waals surface area contributed by atoms with Crippen molar-refractivity contribution in [1.82, 2.24) is 0 Å². The van der Waals surface area contributed by atoms with Gasteiger partial charge in [-0.05, 0) is 49.8 Å². The molecule has 0 bridgehead atoms. The topological polar surface area (TPSA) is 26.0 Å². The van der Waals surface area contributed by atoms with Crippen molar-refractivity contribution in [2.24, 2.45) is 5.73 Å². The highest BCUT2D eigenvalue weighted by Gasteiger charge is 2.09. The Morgan fingerprint density at radius 2 is 1.93 bits per heavy atom. The quantitative estimate of drug-likeness (QED) is 0.879. The Hall–Kier alpha value is -0.340. The van der Waals surface area contributed by atoms with E-state index in [-0.39, 0.29) is 0 Å². The van der Waals surface area contributed by atoms with E-state index in [1.54, 1.807) is 0 Å². The van der Waals surface area contributed by atoms with Crippen molar-refractivity contribution >= 4 is 15.9 Å². The third-order valence-electron chi connectivity index (χ3n) is 2.74. The van der Waals surface area contributed by atoms with Gasteiger partial charge in [-0.3, -0.25) is 0 Å². The van der Waals surface area contributed by atoms with Crippen molar-refractivity contribution in [3.63, 3.8) is 0 Å². The van der Waals surface area contributed by atoms with Crippen LogP contribution in [0.5, 0.6) is 0 Å². The summed E-state index contributed by atoms with van der Waals surface area (Å²) in [5.41, 5.74) is 8.46. The molecule has 0 saturated heterocycles. The van der Waals surface area contributed by atoms with Crippen molar-refractivity contribution in [1.29, 1.82) is 0 Å². The van der Waals surface area contributed by atoms with Gasteiger partial charge in [0, 0.05) is 10.5 Å². The van der Waals surface area contributed by atoms with Gasteiger partial charge in [0.25, 0.3) is 0 Å². The van der Waals surface area contributed by atoms with Gasteiger partial charge in [0.1, 0.15) is 0 Å². The molecule has 0 amide bonds. The molecule has 0 radical (unpaired) electrons. The fourth-order valence-electron chi connectivity index (χ4n) is 1.70. The van der Waals surface area contributed by atoms with Crippen LogP contribution in [0.15, 0.2) is 22.7 Å². The van der Waals surface area contributed by atoms with Crippen LogP contribution in [0, 0.1) is 6.92 Å². The van der Waals surface area contributed by atoms with Gasteiger partial charge in [0.15, 0.2) is 0 Å². The lowest BCUT2D eigenvalue weighted by Crippen LogP contribution is -2.15. The Kier molecular flexibility index (Phi) is 4.81. The second-order valence-corrected chi connectivity index (χ2v) is 5.33. The van der Waals surface area contributed by atoms with Gasteiger partial charge in [-0.15, -0.1) is 0 Å². The molecule has 2 heteroatoms. The third-order valence-corrected chi connectivity index (χ3v) is 3.43. The maximum atomic E-state index is 5.77. The standard InChI is InChI=1S/C13H20BrN/c1-9-4-7-12(13(14)8-9)10(2)5-6-11(3)15/h4,7-8,10-11H,5-6,15H2,1-3H3. The van der Waals surface area contributed by atoms with Gasteiger partial charge < -0.3 is 5.73 Å². The van der Waals surface area contributed by atoms with Gasteiger partial charge in [-0.1, -0.05) is 35.0 Å². The van der Waals surface area contributed by atoms with Crippen LogP contribution in [0.25, 0.3) is 0 Å². The first-order chi connectivity index (χ1) is 7.00. The monoisotopic (exact) mass is 269 g/mol. The fraction of sp³-hybridized carbons (Fsp3) is 0.538. The van der Waals surface area contributed by atoms with E-state index < -0.39 is 0 Å². The van der Waals surface area contributed by atoms with Crippen LogP contribution in [-0.2, 0) is 0 Å². The van der Waals surface area contributed by atoms with Gasteiger partial charge in [0.05, 0.1) is 0 Å². The molecule has 0 aromatic heterocycles. The summed E-state index contributed by atoms with van der Waals surface area (Å²) in [7, 11) is 0. The Morgan fingerprint density at radius 3 is 2.47 bits per heavy atom. The molecule has 15 heavy (non-hydrogen) atoms. The molecule has 84 valence electrons. The van der Waals surface area contributed by atoms with Crippen LogP contribution in [0.2, 0.25) is 0 Å². The third kappa shape index (κ3) is 3.96. The van der Waals surface area contributed by atoms with Crippen molar-refractivity contribution in [2.75, 3.05) is 0 Å². The predicted octanol–water partition coefficient (Wildman–Crippen LogP) is 3.99. The molecular formula is C13H20BrN. The number of hydrogen-bond donors (Lipinski definition) is 1. The van der Waals surface area contributed by atoms with Gasteiger partial charge in [-0.25, -0.2) is 0 Å². The smallest absolute Gasteiger partial charge is 0.0212 e. The fourth-order valence-corrected chi connectivity index (χ4v) is 2.58. The average molecular weight is 270 g/mol. The molecule has 0 spiro atoms. The molecule has 0 heterocycles. The first-order valence-corrected chi connectivity index (χ1v) is 6.31. The first kappa shape index (κ1) is 12.7. The van der Waals surface area contributed by atoms with Gasteiger partial charge in [0.2, 0.25) is 0 Å². The van der Waals surface area contributed by atoms with E-state index in [4.69, 9.17) is 5.73 Å². The number of aryl methyl sites for hydroxylation is 1. The summed E-state index contributed by atoms with van der Waals surface area (Å²) in [6.07, 6.45) is 2.24. The van der Waals surface area contributed by atoms with Gasteiger partial charge in [-0.2, -0.15) is 0 Å². The van der Waals surface area contributed by atoms with E-state index in [1.165, 1.54) is 15.6 Å². The Bertz CT molecular complexity index is 320. The molecule has 2 N–H and O–H groups in total. The summed E-state index contributed by atoms with van der Waals surface area (Å²) < 4.78 is 1.22. The molecule has 1 nitrogen and oxygen atoms in total. The maximum absolute atomic E-state index is 5.77. The normalized spacial score (nSPS) is 15.0. The van der Waals surface area contributed by atoms with Crippen molar-refractivity contribution in [2.45, 2.75) is 45.6 Å². The number of nitrogens with two attached hydrogens (primary N) is 1. The Balaban J connectivity index is 2.69. The zero-order valence-corrected chi connectivity index (χ0v) is 11.3. The molecule has 0 saturated carbocycles. The number of halogens is 1. The summed E-state index contributed by atoms with van der Waals surface area (Å²) in [4.78, 5) is 0. The maximum Gasteiger partial charge on any atom is 0.0212 e. The van der Waals surface area contributed by atoms with Crippen molar-refractivity contribution < 1.29 is 0 Å². The van der Waals surface area contributed by atoms with Crippen molar-refractivity contribution in [3.8, 4) is 0 Å². The number of rotatable bonds is 4. The lowest BCUT2D eigenvalue weighted by molar-refractivity contribution is 0.567. The molecule has 2 atom stereocenters. The van der Waals surface area contributed by atoms with E-state index in [1.807, 2.05) is 0 Å². The van der Waals surface area contributed by atoms with Crippen LogP contribution in [0.1, 0.15) is 43.7 Å². The van der Waals surface area contributed by atoms with Gasteiger partial charge >= 0.3 is 0 Å². The highest BCUT2D eigenvalue weighted by molar-refractivity contribution is 9.10. The summed E-state index contributed by atoms with van der Waals surface area (Å²) in [5, 5.41) is 0. The minimum absolute atomic E-state index is 0.302. The first-order valence-electron chi connectivity index (χ1n) is 5.52. The molecule has 0 fully saturated rings. The Labute approximate surface area is 101 Å². The summed E-state index contributed by atoms with van der Waals surface area (Å²) in [5.74, 6) is 0.575. The zero-order chi connectivity index (χ0) is 11.4. The largest absolute Gasteiger partial charge is 0.328 e. The minimum Gasteiger partial charge on any atom is -0.328 e. The molecule has 2 unspecified atom stereocenters. The van der Waals surface area contributed by atoms with Crippen LogP contribution < -0.4 is 5.73 Å². The molecule has 0 aliphatic heterocycles. The zero-order valence-electron chi connectivity index (χ0n) is 9.76. The lowest BCUT2D eigenvalue weighted by atomic mass is 9.94. The van der Waals surface area contributed by atoms with Crippen LogP contribution >= 0.6 is 15.9 Å². The second-order valence-electron chi connectivity index (χ2n) is 4.48. The van der Waals surface area contributed by atoms with E-state index in [0.717, 1.165) is 12.8 Å². The highest BCUT2D eigenvalue weighted by Crippen LogP contribution is 2.29. The summed E-state index contributed by atoms with van der Waals surface area (Å²) in [6.45, 7) is 6.44. The molecule has 1 aromatic carbocycles. The predicted molar refractivity (Wildman–Crippen MR) is 70.2 cm³/mol. The van der Waals surface area contributed by atoms with E-state index in [9.17, 15) is 0 Å². The molecule has 1 rings (SSSR count). The van der Waals surface area contributed by atoms with E-state index in [2.05, 4.69) is 54.9 Å². The van der Waals surface area contributed by atoms with E-state index in [0.29, 0.717) is 12.0 Å². The number of benzene rings is 1. The highest BCUT2D eigenvalue weighted by atomic mass is 79.9. The van der Waals surface area contributed by atoms with Crippen molar-refractivity contribution in [3.05, 3.63) is 33.8 Å².